The molecule has 3 nitrogen and oxygen atoms in total. The molecular weight excluding hydrogens is 322 g/mol. The smallest absolute Gasteiger partial charge is 0.120 e. The Morgan fingerprint density at radius 3 is 2.19 bits per heavy atom. The first-order valence-corrected chi connectivity index (χ1v) is 9.73. The molecule has 0 bridgehead atoms. The van der Waals surface area contributed by atoms with E-state index < -0.39 is 5.60 Å². The van der Waals surface area contributed by atoms with Crippen LogP contribution in [0.3, 0.4) is 0 Å². The summed E-state index contributed by atoms with van der Waals surface area (Å²) in [5.74, 6) is 0.987. The molecule has 2 atom stereocenters. The topological polar surface area (TPSA) is 41.5 Å². The highest BCUT2D eigenvalue weighted by Gasteiger charge is 2.34. The third-order valence-electron chi connectivity index (χ3n) is 4.98. The van der Waals surface area contributed by atoms with Crippen molar-refractivity contribution in [3.63, 3.8) is 0 Å². The molecule has 0 spiro atoms. The summed E-state index contributed by atoms with van der Waals surface area (Å²) in [5, 5.41) is 17.2. The highest BCUT2D eigenvalue weighted by atomic mass is 16.5. The van der Waals surface area contributed by atoms with Gasteiger partial charge >= 0.3 is 0 Å². The van der Waals surface area contributed by atoms with Crippen LogP contribution in [0.4, 0.5) is 0 Å². The van der Waals surface area contributed by atoms with Gasteiger partial charge in [-0.2, -0.15) is 0 Å². The van der Waals surface area contributed by atoms with Gasteiger partial charge in [-0.15, -0.1) is 0 Å². The van der Waals surface area contributed by atoms with E-state index in [-0.39, 0.29) is 17.6 Å². The van der Waals surface area contributed by atoms with E-state index in [0.717, 1.165) is 28.6 Å². The van der Waals surface area contributed by atoms with Gasteiger partial charge in [0.05, 0.1) is 11.7 Å². The molecule has 0 heterocycles. The Morgan fingerprint density at radius 2 is 1.62 bits per heavy atom. The minimum Gasteiger partial charge on any atom is -0.491 e. The van der Waals surface area contributed by atoms with Gasteiger partial charge in [0.25, 0.3) is 0 Å². The van der Waals surface area contributed by atoms with Gasteiger partial charge in [-0.3, -0.25) is 0 Å². The Hall–Kier alpha value is -1.58. The van der Waals surface area contributed by atoms with Gasteiger partial charge in [0.2, 0.25) is 0 Å². The first-order chi connectivity index (χ1) is 12.0. The Labute approximate surface area is 158 Å². The zero-order valence-electron chi connectivity index (χ0n) is 17.4. The van der Waals surface area contributed by atoms with Gasteiger partial charge in [-0.25, -0.2) is 0 Å². The van der Waals surface area contributed by atoms with Crippen molar-refractivity contribution < 1.29 is 9.84 Å². The van der Waals surface area contributed by atoms with Gasteiger partial charge in [0.15, 0.2) is 0 Å². The number of fused-ring (bicyclic) bond motifs is 1. The third kappa shape index (κ3) is 4.99. The second-order valence-corrected chi connectivity index (χ2v) is 8.70. The first kappa shape index (κ1) is 20.7. The summed E-state index contributed by atoms with van der Waals surface area (Å²) in [6.45, 7) is 15.5. The molecule has 2 aromatic rings. The second kappa shape index (κ2) is 7.98. The van der Waals surface area contributed by atoms with Crippen LogP contribution >= 0.6 is 0 Å². The average Bonchev–Trinajstić information content (AvgIpc) is 2.57. The predicted octanol–water partition coefficient (Wildman–Crippen LogP) is 5.25. The molecule has 144 valence electrons. The summed E-state index contributed by atoms with van der Waals surface area (Å²) in [6, 6.07) is 12.4. The number of hydrogen-bond donors (Lipinski definition) is 2. The van der Waals surface area contributed by atoms with Crippen molar-refractivity contribution >= 4 is 10.8 Å². The zero-order valence-corrected chi connectivity index (χ0v) is 17.4. The quantitative estimate of drug-likeness (QED) is 0.711. The van der Waals surface area contributed by atoms with Crippen molar-refractivity contribution in [2.45, 2.75) is 72.1 Å². The van der Waals surface area contributed by atoms with Gasteiger partial charge in [0.1, 0.15) is 5.75 Å². The first-order valence-electron chi connectivity index (χ1n) is 9.73. The molecule has 0 aromatic heterocycles. The lowest BCUT2D eigenvalue weighted by molar-refractivity contribution is -0.0221. The van der Waals surface area contributed by atoms with Crippen LogP contribution in [0.25, 0.3) is 10.8 Å². The highest BCUT2D eigenvalue weighted by Crippen LogP contribution is 2.35. The molecule has 2 unspecified atom stereocenters. The fraction of sp³-hybridized carbons (Fsp3) is 0.565. The van der Waals surface area contributed by atoms with Crippen molar-refractivity contribution in [2.75, 3.05) is 6.54 Å². The number of ether oxygens (including phenoxy) is 1. The lowest BCUT2D eigenvalue weighted by Crippen LogP contribution is -2.45. The lowest BCUT2D eigenvalue weighted by atomic mass is 9.79. The van der Waals surface area contributed by atoms with E-state index in [0.29, 0.717) is 6.42 Å². The van der Waals surface area contributed by atoms with E-state index in [1.807, 2.05) is 19.9 Å². The number of nitrogens with one attached hydrogen (secondary N) is 1. The molecule has 2 aromatic carbocycles. The third-order valence-corrected chi connectivity index (χ3v) is 4.98. The van der Waals surface area contributed by atoms with Gasteiger partial charge < -0.3 is 15.2 Å². The van der Waals surface area contributed by atoms with Crippen LogP contribution in [0.5, 0.6) is 5.75 Å². The van der Waals surface area contributed by atoms with Crippen LogP contribution in [0, 0.1) is 5.92 Å². The largest absolute Gasteiger partial charge is 0.491 e. The Morgan fingerprint density at radius 1 is 1.00 bits per heavy atom. The van der Waals surface area contributed by atoms with Gasteiger partial charge in [0, 0.05) is 18.0 Å². The van der Waals surface area contributed by atoms with Crippen LogP contribution in [0.1, 0.15) is 60.5 Å². The summed E-state index contributed by atoms with van der Waals surface area (Å²) >= 11 is 0. The number of rotatable bonds is 7. The SMILES string of the molecule is CCC(O)(c1ccc2cc(OC(C)C)ccc2c1)C(C)CNC(C)(C)C. The zero-order chi connectivity index (χ0) is 19.5. The molecule has 26 heavy (non-hydrogen) atoms. The molecular formula is C23H35NO2. The minimum atomic E-state index is -0.848. The van der Waals surface area contributed by atoms with E-state index in [9.17, 15) is 5.11 Å². The predicted molar refractivity (Wildman–Crippen MR) is 111 cm³/mol. The maximum Gasteiger partial charge on any atom is 0.120 e. The van der Waals surface area contributed by atoms with Crippen molar-refractivity contribution in [1.82, 2.24) is 5.32 Å². The maximum absolute atomic E-state index is 11.4. The van der Waals surface area contributed by atoms with Crippen molar-refractivity contribution in [3.8, 4) is 5.75 Å². The van der Waals surface area contributed by atoms with E-state index >= 15 is 0 Å². The fourth-order valence-electron chi connectivity index (χ4n) is 3.30. The summed E-state index contributed by atoms with van der Waals surface area (Å²) < 4.78 is 5.79. The van der Waals surface area contributed by atoms with Crippen LogP contribution in [-0.4, -0.2) is 23.3 Å². The molecule has 0 radical (unpaired) electrons. The normalized spacial score (nSPS) is 15.9. The molecule has 0 fully saturated rings. The van der Waals surface area contributed by atoms with E-state index in [2.05, 4.69) is 70.3 Å². The van der Waals surface area contributed by atoms with Gasteiger partial charge in [-0.05, 0) is 75.6 Å². The lowest BCUT2D eigenvalue weighted by Gasteiger charge is -2.36. The monoisotopic (exact) mass is 357 g/mol. The van der Waals surface area contributed by atoms with Crippen LogP contribution in [-0.2, 0) is 5.60 Å². The Balaban J connectivity index is 2.30. The molecule has 0 saturated heterocycles. The molecule has 0 saturated carbocycles. The summed E-state index contributed by atoms with van der Waals surface area (Å²) in [7, 11) is 0. The molecule has 3 heteroatoms. The molecule has 0 amide bonds. The number of hydrogen-bond acceptors (Lipinski definition) is 3. The Bertz CT molecular complexity index is 733. The van der Waals surface area contributed by atoms with Crippen LogP contribution in [0.15, 0.2) is 36.4 Å². The van der Waals surface area contributed by atoms with Crippen molar-refractivity contribution in [1.29, 1.82) is 0 Å². The maximum atomic E-state index is 11.4. The van der Waals surface area contributed by atoms with Crippen molar-refractivity contribution in [2.24, 2.45) is 5.92 Å². The minimum absolute atomic E-state index is 0.0408. The summed E-state index contributed by atoms with van der Waals surface area (Å²) in [5.41, 5.74) is 0.173. The standard InChI is InChI=1S/C23H35NO2/c1-8-23(25,17(4)15-24-22(5,6)7)20-11-9-19-14-21(26-16(2)3)12-10-18(19)13-20/h9-14,16-17,24-25H,8,15H2,1-7H3. The van der Waals surface area contributed by atoms with Crippen molar-refractivity contribution in [3.05, 3.63) is 42.0 Å². The van der Waals surface area contributed by atoms with E-state index in [4.69, 9.17) is 4.74 Å². The molecule has 2 rings (SSSR count). The Kier molecular flexibility index (Phi) is 6.36. The summed E-state index contributed by atoms with van der Waals surface area (Å²) in [6.07, 6.45) is 0.841. The molecule has 0 aliphatic heterocycles. The number of benzene rings is 2. The van der Waals surface area contributed by atoms with E-state index in [1.165, 1.54) is 0 Å². The summed E-state index contributed by atoms with van der Waals surface area (Å²) in [4.78, 5) is 0. The molecule has 0 aliphatic carbocycles. The number of aliphatic hydroxyl groups is 1. The highest BCUT2D eigenvalue weighted by molar-refractivity contribution is 5.84. The molecule has 2 N–H and O–H groups in total. The van der Waals surface area contributed by atoms with Crippen LogP contribution in [0.2, 0.25) is 0 Å². The average molecular weight is 358 g/mol. The van der Waals surface area contributed by atoms with Gasteiger partial charge in [-0.1, -0.05) is 32.0 Å². The second-order valence-electron chi connectivity index (χ2n) is 8.70. The molecule has 0 aliphatic rings. The van der Waals surface area contributed by atoms with E-state index in [1.54, 1.807) is 0 Å². The van der Waals surface area contributed by atoms with Crippen LogP contribution < -0.4 is 10.1 Å². The fourth-order valence-corrected chi connectivity index (χ4v) is 3.30.